The first-order valence-corrected chi connectivity index (χ1v) is 9.91. The minimum atomic E-state index is -1.70. The number of fused-ring (bicyclic) bond motifs is 1. The monoisotopic (exact) mass is 410 g/mol. The van der Waals surface area contributed by atoms with Crippen molar-refractivity contribution in [1.29, 1.82) is 5.26 Å². The summed E-state index contributed by atoms with van der Waals surface area (Å²) < 4.78 is 5.82. The number of aliphatic carboxylic acids is 1. The Balaban J connectivity index is 1.95. The number of nitriles is 1. The van der Waals surface area contributed by atoms with Crippen molar-refractivity contribution in [3.63, 3.8) is 0 Å². The molecule has 1 unspecified atom stereocenters. The van der Waals surface area contributed by atoms with Crippen molar-refractivity contribution in [3.05, 3.63) is 70.9 Å². The van der Waals surface area contributed by atoms with Crippen LogP contribution in [0.25, 0.3) is 32.8 Å². The number of hydrogen-bond donors (Lipinski definition) is 2. The van der Waals surface area contributed by atoms with Crippen molar-refractivity contribution >= 4 is 27.6 Å². The zero-order valence-electron chi connectivity index (χ0n) is 16.7. The quantitative estimate of drug-likeness (QED) is 0.522. The fraction of sp³-hybridized carbons (Fsp3) is 0.160. The van der Waals surface area contributed by atoms with Crippen molar-refractivity contribution in [1.82, 2.24) is 4.98 Å². The van der Waals surface area contributed by atoms with Crippen LogP contribution in [0.2, 0.25) is 0 Å². The molecule has 1 aromatic heterocycles. The highest BCUT2D eigenvalue weighted by Gasteiger charge is 2.27. The van der Waals surface area contributed by atoms with Gasteiger partial charge in [-0.25, -0.2) is 4.79 Å². The van der Waals surface area contributed by atoms with Crippen molar-refractivity contribution in [2.45, 2.75) is 19.4 Å². The second-order valence-corrected chi connectivity index (χ2v) is 7.67. The second-order valence-electron chi connectivity index (χ2n) is 7.67. The molecule has 0 saturated carbocycles. The van der Waals surface area contributed by atoms with Gasteiger partial charge in [-0.2, -0.15) is 5.26 Å². The predicted molar refractivity (Wildman–Crippen MR) is 116 cm³/mol. The van der Waals surface area contributed by atoms with Gasteiger partial charge in [0.05, 0.1) is 23.8 Å². The summed E-state index contributed by atoms with van der Waals surface area (Å²) in [6, 6.07) is 14.9. The number of ether oxygens (including phenoxy) is 1. The smallest absolute Gasteiger partial charge is 0.337 e. The third-order valence-electron chi connectivity index (χ3n) is 5.86. The lowest BCUT2D eigenvalue weighted by molar-refractivity contribution is -0.146. The Labute approximate surface area is 178 Å². The molecule has 0 saturated heterocycles. The number of rotatable bonds is 3. The SMILES string of the molecule is Cc1cc2cc(C#N)ccc2c(-c2ccc3c4c(ccnc24)CCO3)c1C(O)C(=O)O. The minimum Gasteiger partial charge on any atom is -0.493 e. The molecule has 4 aromatic rings. The van der Waals surface area contributed by atoms with E-state index in [2.05, 4.69) is 11.1 Å². The highest BCUT2D eigenvalue weighted by Crippen LogP contribution is 2.43. The zero-order chi connectivity index (χ0) is 21.7. The van der Waals surface area contributed by atoms with Crippen LogP contribution >= 0.6 is 0 Å². The van der Waals surface area contributed by atoms with E-state index < -0.39 is 12.1 Å². The summed E-state index contributed by atoms with van der Waals surface area (Å²) in [5.41, 5.74) is 4.61. The van der Waals surface area contributed by atoms with Crippen LogP contribution in [0.3, 0.4) is 0 Å². The molecule has 6 heteroatoms. The number of aliphatic hydroxyl groups excluding tert-OH is 1. The van der Waals surface area contributed by atoms with Crippen LogP contribution in [-0.4, -0.2) is 27.8 Å². The van der Waals surface area contributed by atoms with Gasteiger partial charge in [0, 0.05) is 29.1 Å². The minimum absolute atomic E-state index is 0.323. The number of aliphatic hydroxyl groups is 1. The molecule has 31 heavy (non-hydrogen) atoms. The van der Waals surface area contributed by atoms with Crippen molar-refractivity contribution < 1.29 is 19.7 Å². The molecule has 0 radical (unpaired) electrons. The Morgan fingerprint density at radius 1 is 1.23 bits per heavy atom. The lowest BCUT2D eigenvalue weighted by Crippen LogP contribution is -2.14. The van der Waals surface area contributed by atoms with E-state index in [9.17, 15) is 20.3 Å². The number of benzene rings is 3. The van der Waals surface area contributed by atoms with E-state index in [0.29, 0.717) is 34.4 Å². The Hall–Kier alpha value is -3.95. The fourth-order valence-corrected chi connectivity index (χ4v) is 4.50. The summed E-state index contributed by atoms with van der Waals surface area (Å²) in [7, 11) is 0. The van der Waals surface area contributed by atoms with Crippen LogP contribution in [-0.2, 0) is 11.2 Å². The van der Waals surface area contributed by atoms with Gasteiger partial charge < -0.3 is 14.9 Å². The number of aryl methyl sites for hydroxylation is 1. The largest absolute Gasteiger partial charge is 0.493 e. The molecule has 152 valence electrons. The molecule has 0 aliphatic carbocycles. The summed E-state index contributed by atoms with van der Waals surface area (Å²) in [5, 5.41) is 32.0. The Morgan fingerprint density at radius 3 is 2.84 bits per heavy atom. The molecule has 0 spiro atoms. The van der Waals surface area contributed by atoms with Gasteiger partial charge in [-0.1, -0.05) is 12.1 Å². The van der Waals surface area contributed by atoms with E-state index in [4.69, 9.17) is 4.74 Å². The van der Waals surface area contributed by atoms with Gasteiger partial charge in [0.25, 0.3) is 0 Å². The maximum Gasteiger partial charge on any atom is 0.337 e. The predicted octanol–water partition coefficient (Wildman–Crippen LogP) is 4.29. The third-order valence-corrected chi connectivity index (χ3v) is 5.86. The van der Waals surface area contributed by atoms with Gasteiger partial charge in [0.15, 0.2) is 6.10 Å². The van der Waals surface area contributed by atoms with Crippen molar-refractivity contribution in [2.24, 2.45) is 0 Å². The third kappa shape index (κ3) is 2.90. The van der Waals surface area contributed by atoms with E-state index in [1.54, 1.807) is 31.3 Å². The normalized spacial score (nSPS) is 13.6. The molecule has 1 aliphatic heterocycles. The van der Waals surface area contributed by atoms with E-state index in [1.165, 1.54) is 0 Å². The van der Waals surface area contributed by atoms with Gasteiger partial charge in [0.2, 0.25) is 0 Å². The summed E-state index contributed by atoms with van der Waals surface area (Å²) in [6.07, 6.45) is 0.812. The first-order chi connectivity index (χ1) is 15.0. The molecule has 0 bridgehead atoms. The molecule has 1 aliphatic rings. The Kier molecular flexibility index (Phi) is 4.35. The zero-order valence-corrected chi connectivity index (χ0v) is 16.7. The summed E-state index contributed by atoms with van der Waals surface area (Å²) in [4.78, 5) is 16.4. The summed E-state index contributed by atoms with van der Waals surface area (Å²) in [5.74, 6) is -0.575. The molecule has 2 N–H and O–H groups in total. The van der Waals surface area contributed by atoms with E-state index >= 15 is 0 Å². The lowest BCUT2D eigenvalue weighted by atomic mass is 9.85. The topological polar surface area (TPSA) is 103 Å². The van der Waals surface area contributed by atoms with Crippen LogP contribution in [0.15, 0.2) is 48.7 Å². The molecule has 6 nitrogen and oxygen atoms in total. The van der Waals surface area contributed by atoms with Gasteiger partial charge in [0.1, 0.15) is 5.75 Å². The van der Waals surface area contributed by atoms with Crippen molar-refractivity contribution in [3.8, 4) is 22.9 Å². The number of carboxylic acid groups (broad SMARTS) is 1. The second kappa shape index (κ2) is 7.08. The molecule has 2 heterocycles. The lowest BCUT2D eigenvalue weighted by Gasteiger charge is -2.23. The molecular weight excluding hydrogens is 392 g/mol. The molecule has 5 rings (SSSR count). The van der Waals surface area contributed by atoms with Crippen molar-refractivity contribution in [2.75, 3.05) is 6.61 Å². The highest BCUT2D eigenvalue weighted by molar-refractivity contribution is 6.09. The maximum atomic E-state index is 11.8. The molecule has 3 aromatic carbocycles. The van der Waals surface area contributed by atoms with Gasteiger partial charge in [-0.3, -0.25) is 4.98 Å². The van der Waals surface area contributed by atoms with E-state index in [-0.39, 0.29) is 0 Å². The number of pyridine rings is 1. The van der Waals surface area contributed by atoms with Crippen LogP contribution < -0.4 is 4.74 Å². The van der Waals surface area contributed by atoms with Gasteiger partial charge in [-0.05, 0) is 64.7 Å². The molecular formula is C25H18N2O4. The summed E-state index contributed by atoms with van der Waals surface area (Å²) in [6.45, 7) is 2.36. The first-order valence-electron chi connectivity index (χ1n) is 9.91. The summed E-state index contributed by atoms with van der Waals surface area (Å²) >= 11 is 0. The number of carbonyl (C=O) groups is 1. The Bertz CT molecular complexity index is 1430. The standard InChI is InChI=1S/C25H18N2O4/c1-13-10-16-11-14(12-26)2-3-17(16)22(20(13)24(28)25(29)30)18-4-5-19-21-15(7-9-31-19)6-8-27-23(18)21/h2-6,8,10-11,24,28H,7,9H2,1H3,(H,29,30). The number of carboxylic acids is 1. The van der Waals surface area contributed by atoms with Gasteiger partial charge in [-0.15, -0.1) is 0 Å². The average Bonchev–Trinajstić information content (AvgIpc) is 2.78. The first kappa shape index (κ1) is 19.0. The van der Waals surface area contributed by atoms with Gasteiger partial charge >= 0.3 is 5.97 Å². The number of nitrogens with zero attached hydrogens (tertiary/aromatic N) is 2. The van der Waals surface area contributed by atoms with Crippen LogP contribution in [0.4, 0.5) is 0 Å². The maximum absolute atomic E-state index is 11.8. The van der Waals surface area contributed by atoms with Crippen LogP contribution in [0.5, 0.6) is 5.75 Å². The van der Waals surface area contributed by atoms with E-state index in [1.807, 2.05) is 24.3 Å². The molecule has 0 amide bonds. The Morgan fingerprint density at radius 2 is 2.06 bits per heavy atom. The highest BCUT2D eigenvalue weighted by atomic mass is 16.5. The molecule has 0 fully saturated rings. The number of hydrogen-bond acceptors (Lipinski definition) is 5. The van der Waals surface area contributed by atoms with Crippen LogP contribution in [0, 0.1) is 18.3 Å². The number of aromatic nitrogens is 1. The average molecular weight is 410 g/mol. The molecule has 1 atom stereocenters. The fourth-order valence-electron chi connectivity index (χ4n) is 4.50. The van der Waals surface area contributed by atoms with Crippen LogP contribution in [0.1, 0.15) is 28.4 Å². The van der Waals surface area contributed by atoms with E-state index in [0.717, 1.165) is 39.5 Å².